The van der Waals surface area contributed by atoms with Gasteiger partial charge in [0.05, 0.1) is 13.2 Å². The standard InChI is InChI=1S/C6H15O6P/c1-5(2-7)6(3-8,4-9)13(10,11)12/h5,7-9H,2-4H2,1H3,(H2,10,11,12). The molecule has 13 heavy (non-hydrogen) atoms. The largest absolute Gasteiger partial charge is 0.396 e. The number of hydrogen-bond acceptors (Lipinski definition) is 4. The summed E-state index contributed by atoms with van der Waals surface area (Å²) in [7, 11) is -4.64. The third-order valence-electron chi connectivity index (χ3n) is 2.32. The van der Waals surface area contributed by atoms with E-state index in [2.05, 4.69) is 0 Å². The number of rotatable bonds is 5. The minimum absolute atomic E-state index is 0.508. The molecule has 0 aliphatic heterocycles. The lowest BCUT2D eigenvalue weighted by molar-refractivity contribution is 0.0816. The highest BCUT2D eigenvalue weighted by atomic mass is 31.2. The van der Waals surface area contributed by atoms with Crippen LogP contribution in [0.15, 0.2) is 0 Å². The lowest BCUT2D eigenvalue weighted by Gasteiger charge is -2.34. The van der Waals surface area contributed by atoms with Gasteiger partial charge in [-0.1, -0.05) is 6.92 Å². The summed E-state index contributed by atoms with van der Waals surface area (Å²) in [5.41, 5.74) is 0. The Bertz CT molecular complexity index is 195. The molecular formula is C6H15O6P. The molecule has 6 nitrogen and oxygen atoms in total. The van der Waals surface area contributed by atoms with Crippen molar-refractivity contribution in [3.05, 3.63) is 0 Å². The summed E-state index contributed by atoms with van der Waals surface area (Å²) in [4.78, 5) is 17.8. The molecule has 0 fully saturated rings. The van der Waals surface area contributed by atoms with Crippen molar-refractivity contribution < 1.29 is 29.7 Å². The van der Waals surface area contributed by atoms with Gasteiger partial charge in [0.25, 0.3) is 0 Å². The van der Waals surface area contributed by atoms with Gasteiger partial charge in [-0.3, -0.25) is 4.57 Å². The van der Waals surface area contributed by atoms with Crippen LogP contribution in [0, 0.1) is 5.92 Å². The molecule has 0 aliphatic carbocycles. The van der Waals surface area contributed by atoms with Crippen molar-refractivity contribution in [2.45, 2.75) is 12.1 Å². The zero-order valence-electron chi connectivity index (χ0n) is 7.29. The molecule has 0 aromatic carbocycles. The van der Waals surface area contributed by atoms with Crippen molar-refractivity contribution in [2.75, 3.05) is 19.8 Å². The average molecular weight is 214 g/mol. The van der Waals surface area contributed by atoms with E-state index >= 15 is 0 Å². The number of aliphatic hydroxyl groups excluding tert-OH is 3. The Morgan fingerprint density at radius 3 is 1.69 bits per heavy atom. The van der Waals surface area contributed by atoms with Crippen LogP contribution < -0.4 is 0 Å². The maximum Gasteiger partial charge on any atom is 0.336 e. The van der Waals surface area contributed by atoms with E-state index in [1.165, 1.54) is 6.92 Å². The number of hydrogen-bond donors (Lipinski definition) is 5. The van der Waals surface area contributed by atoms with Crippen LogP contribution in [0.5, 0.6) is 0 Å². The fourth-order valence-corrected chi connectivity index (χ4v) is 2.03. The molecule has 1 unspecified atom stereocenters. The minimum Gasteiger partial charge on any atom is -0.396 e. The van der Waals surface area contributed by atoms with Crippen LogP contribution in [0.1, 0.15) is 6.92 Å². The first kappa shape index (κ1) is 13.0. The summed E-state index contributed by atoms with van der Waals surface area (Å²) in [5, 5.41) is 24.5. The second-order valence-corrected chi connectivity index (χ2v) is 5.03. The van der Waals surface area contributed by atoms with E-state index in [0.717, 1.165) is 0 Å². The molecule has 0 radical (unpaired) electrons. The lowest BCUT2D eigenvalue weighted by atomic mass is 9.95. The van der Waals surface area contributed by atoms with Crippen LogP contribution in [-0.2, 0) is 4.57 Å². The monoisotopic (exact) mass is 214 g/mol. The predicted octanol–water partition coefficient (Wildman–Crippen LogP) is -1.48. The Morgan fingerprint density at radius 1 is 1.23 bits per heavy atom. The molecule has 0 aromatic heterocycles. The summed E-state index contributed by atoms with van der Waals surface area (Å²) < 4.78 is 11.0. The van der Waals surface area contributed by atoms with Gasteiger partial charge in [0.15, 0.2) is 0 Å². The van der Waals surface area contributed by atoms with Crippen LogP contribution in [0.2, 0.25) is 0 Å². The Morgan fingerprint density at radius 2 is 1.62 bits per heavy atom. The van der Waals surface area contributed by atoms with E-state index in [1.807, 2.05) is 0 Å². The molecule has 0 rings (SSSR count). The molecule has 5 N–H and O–H groups in total. The first-order valence-corrected chi connectivity index (χ1v) is 5.35. The Kier molecular flexibility index (Phi) is 4.51. The quantitative estimate of drug-likeness (QED) is 0.356. The molecule has 1 atom stereocenters. The van der Waals surface area contributed by atoms with E-state index in [1.54, 1.807) is 0 Å². The molecule has 7 heteroatoms. The van der Waals surface area contributed by atoms with E-state index in [-0.39, 0.29) is 0 Å². The van der Waals surface area contributed by atoms with Crippen LogP contribution in [0.25, 0.3) is 0 Å². The first-order chi connectivity index (χ1) is 5.85. The van der Waals surface area contributed by atoms with Crippen molar-refractivity contribution >= 4 is 7.60 Å². The third-order valence-corrected chi connectivity index (χ3v) is 4.20. The molecule has 80 valence electrons. The van der Waals surface area contributed by atoms with Gasteiger partial charge < -0.3 is 25.1 Å². The second kappa shape index (κ2) is 4.50. The minimum atomic E-state index is -4.64. The average Bonchev–Trinajstić information content (AvgIpc) is 2.04. The highest BCUT2D eigenvalue weighted by Crippen LogP contribution is 2.53. The van der Waals surface area contributed by atoms with Gasteiger partial charge in [0.1, 0.15) is 5.16 Å². The third kappa shape index (κ3) is 2.28. The van der Waals surface area contributed by atoms with Gasteiger partial charge >= 0.3 is 7.60 Å². The summed E-state index contributed by atoms with van der Waals surface area (Å²) in [6.45, 7) is -0.886. The van der Waals surface area contributed by atoms with Gasteiger partial charge in [0, 0.05) is 12.5 Å². The normalized spacial score (nSPS) is 15.8. The van der Waals surface area contributed by atoms with E-state index < -0.39 is 38.5 Å². The smallest absolute Gasteiger partial charge is 0.336 e. The molecule has 0 spiro atoms. The molecule has 0 saturated carbocycles. The summed E-state index contributed by atoms with van der Waals surface area (Å²) in [6.07, 6.45) is 0. The van der Waals surface area contributed by atoms with Gasteiger partial charge in [-0.2, -0.15) is 0 Å². The maximum atomic E-state index is 11.0. The zero-order chi connectivity index (χ0) is 10.7. The van der Waals surface area contributed by atoms with Crippen molar-refractivity contribution in [2.24, 2.45) is 5.92 Å². The molecular weight excluding hydrogens is 199 g/mol. The highest BCUT2D eigenvalue weighted by Gasteiger charge is 2.50. The lowest BCUT2D eigenvalue weighted by Crippen LogP contribution is -2.45. The van der Waals surface area contributed by atoms with Crippen LogP contribution in [-0.4, -0.2) is 50.1 Å². The maximum absolute atomic E-state index is 11.0. The summed E-state index contributed by atoms with van der Waals surface area (Å²) >= 11 is 0. The van der Waals surface area contributed by atoms with Crippen LogP contribution >= 0.6 is 7.60 Å². The molecule has 0 saturated heterocycles. The topological polar surface area (TPSA) is 118 Å². The molecule has 0 amide bonds. The summed E-state index contributed by atoms with van der Waals surface area (Å²) in [5.74, 6) is -0.872. The molecule has 0 bridgehead atoms. The Hall–Kier alpha value is 0.0300. The SMILES string of the molecule is CC(CO)C(CO)(CO)P(=O)(O)O. The highest BCUT2D eigenvalue weighted by molar-refractivity contribution is 7.53. The first-order valence-electron chi connectivity index (χ1n) is 3.74. The Labute approximate surface area is 76.0 Å². The van der Waals surface area contributed by atoms with Crippen molar-refractivity contribution in [1.29, 1.82) is 0 Å². The van der Waals surface area contributed by atoms with Crippen molar-refractivity contribution in [3.63, 3.8) is 0 Å². The summed E-state index contributed by atoms with van der Waals surface area (Å²) in [6, 6.07) is 0. The number of aliphatic hydroxyl groups is 3. The molecule has 0 aliphatic rings. The van der Waals surface area contributed by atoms with E-state index in [4.69, 9.17) is 25.1 Å². The Balaban J connectivity index is 5.03. The van der Waals surface area contributed by atoms with Gasteiger partial charge in [0.2, 0.25) is 0 Å². The van der Waals surface area contributed by atoms with Crippen molar-refractivity contribution in [1.82, 2.24) is 0 Å². The molecule has 0 heterocycles. The van der Waals surface area contributed by atoms with Crippen LogP contribution in [0.4, 0.5) is 0 Å². The van der Waals surface area contributed by atoms with Crippen molar-refractivity contribution in [3.8, 4) is 0 Å². The van der Waals surface area contributed by atoms with E-state index in [0.29, 0.717) is 0 Å². The van der Waals surface area contributed by atoms with Gasteiger partial charge in [-0.15, -0.1) is 0 Å². The fraction of sp³-hybridized carbons (Fsp3) is 1.00. The van der Waals surface area contributed by atoms with Crippen LogP contribution in [0.3, 0.4) is 0 Å². The molecule has 0 aromatic rings. The van der Waals surface area contributed by atoms with E-state index in [9.17, 15) is 4.57 Å². The predicted molar refractivity (Wildman–Crippen MR) is 45.2 cm³/mol. The second-order valence-electron chi connectivity index (χ2n) is 3.05. The van der Waals surface area contributed by atoms with Gasteiger partial charge in [-0.05, 0) is 0 Å². The fourth-order valence-electron chi connectivity index (χ4n) is 1.00. The van der Waals surface area contributed by atoms with Gasteiger partial charge in [-0.25, -0.2) is 0 Å². The zero-order valence-corrected chi connectivity index (χ0v) is 8.18.